The Morgan fingerprint density at radius 1 is 1.05 bits per heavy atom. The Bertz CT molecular complexity index is 543. The molecular formula is C17H20N2. The molecule has 0 atom stereocenters. The molecule has 0 heterocycles. The second-order valence-corrected chi connectivity index (χ2v) is 4.78. The van der Waals surface area contributed by atoms with Crippen LogP contribution in [-0.2, 0) is 13.1 Å². The molecule has 0 radical (unpaired) electrons. The maximum atomic E-state index is 6.09. The normalized spacial score (nSPS) is 10.7. The Morgan fingerprint density at radius 3 is 2.37 bits per heavy atom. The third kappa shape index (κ3) is 3.78. The summed E-state index contributed by atoms with van der Waals surface area (Å²) in [4.78, 5) is 0. The molecule has 98 valence electrons. The molecule has 0 spiro atoms. The molecule has 0 aliphatic rings. The zero-order chi connectivity index (χ0) is 13.7. The van der Waals surface area contributed by atoms with Gasteiger partial charge in [-0.3, -0.25) is 5.84 Å². The van der Waals surface area contributed by atoms with Gasteiger partial charge in [0.05, 0.1) is 0 Å². The fourth-order valence-corrected chi connectivity index (χ4v) is 2.06. The highest BCUT2D eigenvalue weighted by Gasteiger charge is 2.04. The van der Waals surface area contributed by atoms with Gasteiger partial charge in [0.1, 0.15) is 0 Å². The molecule has 2 nitrogen and oxygen atoms in total. The van der Waals surface area contributed by atoms with Gasteiger partial charge in [0.2, 0.25) is 0 Å². The average molecular weight is 252 g/mol. The highest BCUT2D eigenvalue weighted by Crippen LogP contribution is 2.11. The molecule has 0 aliphatic carbocycles. The molecule has 0 saturated heterocycles. The molecule has 2 aromatic rings. The maximum absolute atomic E-state index is 6.09. The summed E-state index contributed by atoms with van der Waals surface area (Å²) < 4.78 is 0. The van der Waals surface area contributed by atoms with E-state index in [1.54, 1.807) is 0 Å². The molecule has 0 aromatic heterocycles. The van der Waals surface area contributed by atoms with Gasteiger partial charge >= 0.3 is 0 Å². The third-order valence-corrected chi connectivity index (χ3v) is 3.24. The molecule has 0 fully saturated rings. The molecule has 2 rings (SSSR count). The number of rotatable bonds is 5. The highest BCUT2D eigenvalue weighted by atomic mass is 15.4. The van der Waals surface area contributed by atoms with E-state index in [1.807, 2.05) is 17.2 Å². The first-order valence-electron chi connectivity index (χ1n) is 6.44. The largest absolute Gasteiger partial charge is 0.268 e. The maximum Gasteiger partial charge on any atom is 0.0385 e. The van der Waals surface area contributed by atoms with Crippen molar-refractivity contribution in [2.75, 3.05) is 0 Å². The van der Waals surface area contributed by atoms with Gasteiger partial charge < -0.3 is 0 Å². The van der Waals surface area contributed by atoms with Gasteiger partial charge in [0, 0.05) is 13.1 Å². The fourth-order valence-electron chi connectivity index (χ4n) is 2.06. The Morgan fingerprint density at radius 2 is 1.74 bits per heavy atom. The van der Waals surface area contributed by atoms with Crippen molar-refractivity contribution >= 4 is 6.08 Å². The SMILES string of the molecule is C=Cc1ccc(CN(N)Cc2ccccc2C)cc1. The van der Waals surface area contributed by atoms with Crippen LogP contribution in [0.1, 0.15) is 22.3 Å². The van der Waals surface area contributed by atoms with Crippen LogP contribution in [0.2, 0.25) is 0 Å². The lowest BCUT2D eigenvalue weighted by Crippen LogP contribution is -2.30. The number of benzene rings is 2. The van der Waals surface area contributed by atoms with E-state index in [4.69, 9.17) is 5.84 Å². The van der Waals surface area contributed by atoms with Crippen molar-refractivity contribution in [1.29, 1.82) is 0 Å². The van der Waals surface area contributed by atoms with Crippen molar-refractivity contribution in [2.24, 2.45) is 5.84 Å². The smallest absolute Gasteiger partial charge is 0.0385 e. The van der Waals surface area contributed by atoms with Gasteiger partial charge in [-0.15, -0.1) is 0 Å². The quantitative estimate of drug-likeness (QED) is 0.651. The molecule has 2 N–H and O–H groups in total. The van der Waals surface area contributed by atoms with E-state index >= 15 is 0 Å². The van der Waals surface area contributed by atoms with Crippen LogP contribution in [-0.4, -0.2) is 5.01 Å². The van der Waals surface area contributed by atoms with E-state index in [9.17, 15) is 0 Å². The van der Waals surface area contributed by atoms with Crippen LogP contribution in [0.4, 0.5) is 0 Å². The Hall–Kier alpha value is -1.90. The lowest BCUT2D eigenvalue weighted by atomic mass is 10.1. The lowest BCUT2D eigenvalue weighted by Gasteiger charge is -2.17. The van der Waals surface area contributed by atoms with Crippen LogP contribution >= 0.6 is 0 Å². The first kappa shape index (κ1) is 13.5. The highest BCUT2D eigenvalue weighted by molar-refractivity contribution is 5.47. The summed E-state index contributed by atoms with van der Waals surface area (Å²) >= 11 is 0. The van der Waals surface area contributed by atoms with Crippen LogP contribution in [0.3, 0.4) is 0 Å². The number of nitrogens with zero attached hydrogens (tertiary/aromatic N) is 1. The fraction of sp³-hybridized carbons (Fsp3) is 0.176. The van der Waals surface area contributed by atoms with Crippen LogP contribution < -0.4 is 5.84 Å². The van der Waals surface area contributed by atoms with Crippen molar-refractivity contribution in [2.45, 2.75) is 20.0 Å². The Labute approximate surface area is 115 Å². The molecule has 2 heteroatoms. The van der Waals surface area contributed by atoms with E-state index in [-0.39, 0.29) is 0 Å². The number of hydrogen-bond acceptors (Lipinski definition) is 2. The van der Waals surface area contributed by atoms with Crippen molar-refractivity contribution < 1.29 is 0 Å². The van der Waals surface area contributed by atoms with E-state index in [0.29, 0.717) is 0 Å². The van der Waals surface area contributed by atoms with Gasteiger partial charge in [-0.25, -0.2) is 5.01 Å². The lowest BCUT2D eigenvalue weighted by molar-refractivity contribution is 0.265. The van der Waals surface area contributed by atoms with Gasteiger partial charge in [-0.1, -0.05) is 61.2 Å². The number of hydrogen-bond donors (Lipinski definition) is 1. The summed E-state index contributed by atoms with van der Waals surface area (Å²) in [7, 11) is 0. The van der Waals surface area contributed by atoms with Gasteiger partial charge in [-0.05, 0) is 29.2 Å². The Balaban J connectivity index is 1.99. The van der Waals surface area contributed by atoms with Crippen LogP contribution in [0, 0.1) is 6.92 Å². The van der Waals surface area contributed by atoms with Gasteiger partial charge in [0.25, 0.3) is 0 Å². The van der Waals surface area contributed by atoms with Crippen molar-refractivity contribution in [3.63, 3.8) is 0 Å². The minimum absolute atomic E-state index is 0.742. The standard InChI is InChI=1S/C17H20N2/c1-3-15-8-10-16(11-9-15)12-19(18)13-17-7-5-4-6-14(17)2/h3-11H,1,12-13,18H2,2H3. The minimum atomic E-state index is 0.742. The van der Waals surface area contributed by atoms with Gasteiger partial charge in [0.15, 0.2) is 0 Å². The third-order valence-electron chi connectivity index (χ3n) is 3.24. The van der Waals surface area contributed by atoms with Crippen LogP contribution in [0.25, 0.3) is 6.08 Å². The molecule has 19 heavy (non-hydrogen) atoms. The van der Waals surface area contributed by atoms with Crippen LogP contribution in [0.5, 0.6) is 0 Å². The summed E-state index contributed by atoms with van der Waals surface area (Å²) in [5.41, 5.74) is 4.89. The summed E-state index contributed by atoms with van der Waals surface area (Å²) in [6, 6.07) is 16.6. The monoisotopic (exact) mass is 252 g/mol. The van der Waals surface area contributed by atoms with E-state index < -0.39 is 0 Å². The molecule has 0 aliphatic heterocycles. The van der Waals surface area contributed by atoms with Crippen LogP contribution in [0.15, 0.2) is 55.1 Å². The topological polar surface area (TPSA) is 29.3 Å². The number of aryl methyl sites for hydroxylation is 1. The molecule has 0 unspecified atom stereocenters. The molecule has 0 amide bonds. The predicted octanol–water partition coefficient (Wildman–Crippen LogP) is 3.51. The Kier molecular flexibility index (Phi) is 4.50. The second kappa shape index (κ2) is 6.32. The van der Waals surface area contributed by atoms with Gasteiger partial charge in [-0.2, -0.15) is 0 Å². The summed E-state index contributed by atoms with van der Waals surface area (Å²) in [6.45, 7) is 7.37. The van der Waals surface area contributed by atoms with E-state index in [1.165, 1.54) is 16.7 Å². The van der Waals surface area contributed by atoms with E-state index in [0.717, 1.165) is 18.7 Å². The molecule has 2 aromatic carbocycles. The second-order valence-electron chi connectivity index (χ2n) is 4.78. The first-order chi connectivity index (χ1) is 9.19. The summed E-state index contributed by atoms with van der Waals surface area (Å²) in [5.74, 6) is 6.09. The number of nitrogens with two attached hydrogens (primary N) is 1. The minimum Gasteiger partial charge on any atom is -0.268 e. The summed E-state index contributed by atoms with van der Waals surface area (Å²) in [5, 5.41) is 1.84. The predicted molar refractivity (Wildman–Crippen MR) is 81.1 cm³/mol. The number of hydrazine groups is 1. The molecular weight excluding hydrogens is 232 g/mol. The van der Waals surface area contributed by atoms with Crippen molar-refractivity contribution in [3.8, 4) is 0 Å². The summed E-state index contributed by atoms with van der Waals surface area (Å²) in [6.07, 6.45) is 1.84. The molecule has 0 saturated carbocycles. The van der Waals surface area contributed by atoms with Crippen molar-refractivity contribution in [3.05, 3.63) is 77.4 Å². The van der Waals surface area contributed by atoms with E-state index in [2.05, 4.69) is 56.0 Å². The average Bonchev–Trinajstić information content (AvgIpc) is 2.42. The van der Waals surface area contributed by atoms with Crippen molar-refractivity contribution in [1.82, 2.24) is 5.01 Å². The molecule has 0 bridgehead atoms. The zero-order valence-electron chi connectivity index (χ0n) is 11.3. The zero-order valence-corrected chi connectivity index (χ0v) is 11.3. The first-order valence-corrected chi connectivity index (χ1v) is 6.44.